The Morgan fingerprint density at radius 2 is 2.07 bits per heavy atom. The molecule has 14 heavy (non-hydrogen) atoms. The maximum atomic E-state index is 10.3. The van der Waals surface area contributed by atoms with E-state index in [1.165, 1.54) is 12.1 Å². The van der Waals surface area contributed by atoms with E-state index in [-0.39, 0.29) is 11.8 Å². The predicted octanol–water partition coefficient (Wildman–Crippen LogP) is 1.03. The van der Waals surface area contributed by atoms with Crippen LogP contribution >= 0.6 is 0 Å². The van der Waals surface area contributed by atoms with Crippen LogP contribution in [-0.4, -0.2) is 22.7 Å². The molecular weight excluding hydrogens is 186 g/mol. The fourth-order valence-corrected chi connectivity index (χ4v) is 1.25. The molecule has 2 rings (SSSR count). The van der Waals surface area contributed by atoms with Crippen LogP contribution in [0.1, 0.15) is 11.7 Å². The lowest BCUT2D eigenvalue weighted by Gasteiger charge is -2.06. The minimum Gasteiger partial charge on any atom is -0.386 e. The van der Waals surface area contributed by atoms with Gasteiger partial charge in [0, 0.05) is 12.1 Å². The van der Waals surface area contributed by atoms with Crippen molar-refractivity contribution >= 4 is 5.69 Å². The van der Waals surface area contributed by atoms with Crippen LogP contribution in [0.5, 0.6) is 0 Å². The molecule has 1 aromatic rings. The van der Waals surface area contributed by atoms with Gasteiger partial charge in [0.05, 0.1) is 11.5 Å². The third kappa shape index (κ3) is 1.73. The van der Waals surface area contributed by atoms with Gasteiger partial charge in [-0.25, -0.2) is 0 Å². The smallest absolute Gasteiger partial charge is 0.269 e. The van der Waals surface area contributed by atoms with Crippen molar-refractivity contribution in [1.82, 2.24) is 0 Å². The standard InChI is InChI=1S/C9H9NO4/c11-9(8-5-14-8)6-1-3-7(4-2-6)10(12)13/h1-4,8-9,11H,5H2/t8-,9+/m0/s1. The molecule has 0 spiro atoms. The number of aliphatic hydroxyl groups excluding tert-OH is 1. The third-order valence-electron chi connectivity index (χ3n) is 2.16. The van der Waals surface area contributed by atoms with Gasteiger partial charge in [0.25, 0.3) is 5.69 Å². The normalized spacial score (nSPS) is 21.6. The number of rotatable bonds is 3. The SMILES string of the molecule is O=[N+]([O-])c1ccc([C@@H](O)[C@@H]2CO2)cc1. The highest BCUT2D eigenvalue weighted by Crippen LogP contribution is 2.28. The Balaban J connectivity index is 2.16. The molecule has 1 aromatic carbocycles. The first-order chi connectivity index (χ1) is 6.68. The number of aliphatic hydroxyl groups is 1. The molecule has 1 aliphatic heterocycles. The molecule has 5 heteroatoms. The molecule has 5 nitrogen and oxygen atoms in total. The lowest BCUT2D eigenvalue weighted by molar-refractivity contribution is -0.384. The second-order valence-corrected chi connectivity index (χ2v) is 3.17. The molecule has 1 saturated heterocycles. The Hall–Kier alpha value is -1.46. The van der Waals surface area contributed by atoms with E-state index in [0.717, 1.165) is 0 Å². The van der Waals surface area contributed by atoms with Gasteiger partial charge in [-0.2, -0.15) is 0 Å². The number of nitro groups is 1. The van der Waals surface area contributed by atoms with Gasteiger partial charge in [-0.05, 0) is 17.7 Å². The molecule has 0 saturated carbocycles. The fourth-order valence-electron chi connectivity index (χ4n) is 1.25. The van der Waals surface area contributed by atoms with Crippen molar-refractivity contribution in [2.24, 2.45) is 0 Å². The summed E-state index contributed by atoms with van der Waals surface area (Å²) in [7, 11) is 0. The van der Waals surface area contributed by atoms with Crippen molar-refractivity contribution in [3.05, 3.63) is 39.9 Å². The van der Waals surface area contributed by atoms with Gasteiger partial charge in [0.2, 0.25) is 0 Å². The number of benzene rings is 1. The first-order valence-corrected chi connectivity index (χ1v) is 4.22. The summed E-state index contributed by atoms with van der Waals surface area (Å²) in [5, 5.41) is 19.9. The first-order valence-electron chi connectivity index (χ1n) is 4.22. The summed E-state index contributed by atoms with van der Waals surface area (Å²) in [4.78, 5) is 9.88. The zero-order valence-corrected chi connectivity index (χ0v) is 7.29. The number of nitrogens with zero attached hydrogens (tertiary/aromatic N) is 1. The number of epoxide rings is 1. The molecule has 0 amide bonds. The largest absolute Gasteiger partial charge is 0.386 e. The molecule has 1 heterocycles. The molecule has 0 aliphatic carbocycles. The number of hydrogen-bond donors (Lipinski definition) is 1. The van der Waals surface area contributed by atoms with Crippen LogP contribution in [0.15, 0.2) is 24.3 Å². The summed E-state index contributed by atoms with van der Waals surface area (Å²) < 4.78 is 4.92. The van der Waals surface area contributed by atoms with Crippen molar-refractivity contribution in [2.45, 2.75) is 12.2 Å². The summed E-state index contributed by atoms with van der Waals surface area (Å²) in [6, 6.07) is 5.84. The molecule has 1 fully saturated rings. The Labute approximate surface area is 80.1 Å². The van der Waals surface area contributed by atoms with E-state index in [4.69, 9.17) is 4.74 Å². The summed E-state index contributed by atoms with van der Waals surface area (Å²) in [6.45, 7) is 0.554. The fraction of sp³-hybridized carbons (Fsp3) is 0.333. The molecule has 0 bridgehead atoms. The number of hydrogen-bond acceptors (Lipinski definition) is 4. The van der Waals surface area contributed by atoms with Crippen molar-refractivity contribution in [3.8, 4) is 0 Å². The average molecular weight is 195 g/mol. The van der Waals surface area contributed by atoms with Gasteiger partial charge in [-0.1, -0.05) is 0 Å². The second-order valence-electron chi connectivity index (χ2n) is 3.17. The minimum atomic E-state index is -0.671. The van der Waals surface area contributed by atoms with Crippen LogP contribution in [0, 0.1) is 10.1 Å². The Morgan fingerprint density at radius 3 is 2.50 bits per heavy atom. The van der Waals surface area contributed by atoms with Crippen molar-refractivity contribution in [1.29, 1.82) is 0 Å². The van der Waals surface area contributed by atoms with Crippen LogP contribution in [0.4, 0.5) is 5.69 Å². The highest BCUT2D eigenvalue weighted by atomic mass is 16.6. The van der Waals surface area contributed by atoms with E-state index in [0.29, 0.717) is 12.2 Å². The van der Waals surface area contributed by atoms with Gasteiger partial charge < -0.3 is 9.84 Å². The maximum Gasteiger partial charge on any atom is 0.269 e. The molecule has 0 aromatic heterocycles. The van der Waals surface area contributed by atoms with Crippen LogP contribution < -0.4 is 0 Å². The van der Waals surface area contributed by atoms with Crippen LogP contribution in [0.25, 0.3) is 0 Å². The van der Waals surface area contributed by atoms with E-state index >= 15 is 0 Å². The van der Waals surface area contributed by atoms with Crippen LogP contribution in [0.3, 0.4) is 0 Å². The number of non-ortho nitro benzene ring substituents is 1. The summed E-state index contributed by atoms with van der Waals surface area (Å²) in [5.74, 6) is 0. The van der Waals surface area contributed by atoms with E-state index in [1.54, 1.807) is 12.1 Å². The second kappa shape index (κ2) is 3.36. The maximum absolute atomic E-state index is 10.3. The first kappa shape index (κ1) is 9.11. The number of nitro benzene ring substituents is 1. The lowest BCUT2D eigenvalue weighted by Crippen LogP contribution is -2.04. The third-order valence-corrected chi connectivity index (χ3v) is 2.16. The molecule has 2 atom stereocenters. The van der Waals surface area contributed by atoms with Gasteiger partial charge in [0.15, 0.2) is 0 Å². The van der Waals surface area contributed by atoms with E-state index in [9.17, 15) is 15.2 Å². The summed E-state index contributed by atoms with van der Waals surface area (Å²) in [5.41, 5.74) is 0.677. The van der Waals surface area contributed by atoms with E-state index in [1.807, 2.05) is 0 Å². The zero-order valence-electron chi connectivity index (χ0n) is 7.29. The quantitative estimate of drug-likeness (QED) is 0.444. The molecule has 1 aliphatic rings. The van der Waals surface area contributed by atoms with Crippen molar-refractivity contribution < 1.29 is 14.8 Å². The Morgan fingerprint density at radius 1 is 1.50 bits per heavy atom. The monoisotopic (exact) mass is 195 g/mol. The molecular formula is C9H9NO4. The van der Waals surface area contributed by atoms with E-state index in [2.05, 4.69) is 0 Å². The number of ether oxygens (including phenoxy) is 1. The van der Waals surface area contributed by atoms with Gasteiger partial charge in [0.1, 0.15) is 12.2 Å². The average Bonchev–Trinajstić information content (AvgIpc) is 3.00. The minimum absolute atomic E-state index is 0.0256. The van der Waals surface area contributed by atoms with Gasteiger partial charge in [-0.15, -0.1) is 0 Å². The Kier molecular flexibility index (Phi) is 2.18. The highest BCUT2D eigenvalue weighted by Gasteiger charge is 2.32. The molecule has 1 N–H and O–H groups in total. The predicted molar refractivity (Wildman–Crippen MR) is 47.8 cm³/mol. The van der Waals surface area contributed by atoms with Crippen molar-refractivity contribution in [3.63, 3.8) is 0 Å². The van der Waals surface area contributed by atoms with Gasteiger partial charge >= 0.3 is 0 Å². The molecule has 74 valence electrons. The Bertz CT molecular complexity index is 344. The lowest BCUT2D eigenvalue weighted by atomic mass is 10.1. The van der Waals surface area contributed by atoms with Crippen molar-refractivity contribution in [2.75, 3.05) is 6.61 Å². The molecule has 0 unspecified atom stereocenters. The highest BCUT2D eigenvalue weighted by molar-refractivity contribution is 5.34. The summed E-state index contributed by atoms with van der Waals surface area (Å²) >= 11 is 0. The van der Waals surface area contributed by atoms with Crippen LogP contribution in [-0.2, 0) is 4.74 Å². The summed E-state index contributed by atoms with van der Waals surface area (Å²) in [6.07, 6.45) is -0.813. The van der Waals surface area contributed by atoms with E-state index < -0.39 is 11.0 Å². The topological polar surface area (TPSA) is 75.9 Å². The van der Waals surface area contributed by atoms with Crippen LogP contribution in [0.2, 0.25) is 0 Å². The zero-order chi connectivity index (χ0) is 10.1. The molecule has 0 radical (unpaired) electrons. The van der Waals surface area contributed by atoms with Gasteiger partial charge in [-0.3, -0.25) is 10.1 Å².